The summed E-state index contributed by atoms with van der Waals surface area (Å²) < 4.78 is 5.62. The molecule has 1 heterocycles. The largest absolute Gasteiger partial charge is 0.480 e. The molecule has 7 heteroatoms. The zero-order valence-electron chi connectivity index (χ0n) is 14.9. The Balaban J connectivity index is 2.66. The molecule has 138 valence electrons. The van der Waals surface area contributed by atoms with Crippen molar-refractivity contribution in [2.24, 2.45) is 11.7 Å². The summed E-state index contributed by atoms with van der Waals surface area (Å²) in [5.41, 5.74) is 3.99. The number of aliphatic hydroxyl groups is 1. The molecule has 0 radical (unpaired) electrons. The van der Waals surface area contributed by atoms with Crippen LogP contribution in [0.2, 0.25) is 0 Å². The molecule has 24 heavy (non-hydrogen) atoms. The van der Waals surface area contributed by atoms with Crippen molar-refractivity contribution in [1.82, 2.24) is 5.06 Å². The van der Waals surface area contributed by atoms with Gasteiger partial charge in [0.15, 0.2) is 6.29 Å². The highest BCUT2D eigenvalue weighted by Crippen LogP contribution is 2.41. The highest BCUT2D eigenvalue weighted by molar-refractivity contribution is 5.72. The minimum Gasteiger partial charge on any atom is -0.480 e. The van der Waals surface area contributed by atoms with Crippen molar-refractivity contribution in [3.63, 3.8) is 0 Å². The number of hydrogen-bond donors (Lipinski definition) is 4. The Morgan fingerprint density at radius 3 is 2.50 bits per heavy atom. The van der Waals surface area contributed by atoms with E-state index < -0.39 is 29.4 Å². The van der Waals surface area contributed by atoms with Crippen LogP contribution in [0.5, 0.6) is 0 Å². The summed E-state index contributed by atoms with van der Waals surface area (Å²) in [5.74, 6) is 1.32. The molecule has 1 rings (SSSR count). The topological polar surface area (TPSA) is 116 Å². The van der Waals surface area contributed by atoms with Crippen molar-refractivity contribution in [2.75, 3.05) is 0 Å². The summed E-state index contributed by atoms with van der Waals surface area (Å²) in [5, 5.41) is 30.7. The van der Waals surface area contributed by atoms with Gasteiger partial charge in [-0.05, 0) is 53.4 Å². The first-order valence-corrected chi connectivity index (χ1v) is 8.22. The molecule has 1 saturated heterocycles. The van der Waals surface area contributed by atoms with Crippen LogP contribution in [0.1, 0.15) is 53.4 Å². The minimum atomic E-state index is -1.05. The van der Waals surface area contributed by atoms with Crippen LogP contribution in [-0.2, 0) is 9.53 Å². The molecule has 0 aliphatic carbocycles. The summed E-state index contributed by atoms with van der Waals surface area (Å²) in [4.78, 5) is 10.7. The second kappa shape index (κ2) is 7.81. The van der Waals surface area contributed by atoms with Crippen LogP contribution in [0, 0.1) is 18.3 Å². The maximum atomic E-state index is 10.7. The van der Waals surface area contributed by atoms with Crippen LogP contribution < -0.4 is 5.73 Å². The Hall–Kier alpha value is -1.17. The number of hydrogen-bond acceptors (Lipinski definition) is 6. The molecule has 0 saturated carbocycles. The highest BCUT2D eigenvalue weighted by Gasteiger charge is 2.49. The zero-order valence-corrected chi connectivity index (χ0v) is 14.9. The molecule has 5 atom stereocenters. The number of rotatable bonds is 7. The van der Waals surface area contributed by atoms with Gasteiger partial charge in [-0.3, -0.25) is 4.79 Å². The van der Waals surface area contributed by atoms with Gasteiger partial charge in [0, 0.05) is 11.5 Å². The van der Waals surface area contributed by atoms with Crippen LogP contribution in [0.3, 0.4) is 0 Å². The van der Waals surface area contributed by atoms with Gasteiger partial charge >= 0.3 is 5.97 Å². The van der Waals surface area contributed by atoms with Crippen molar-refractivity contribution in [3.05, 3.63) is 0 Å². The molecule has 0 amide bonds. The van der Waals surface area contributed by atoms with Gasteiger partial charge in [0.2, 0.25) is 0 Å². The third-order valence-electron chi connectivity index (χ3n) is 4.75. The maximum absolute atomic E-state index is 10.7. The van der Waals surface area contributed by atoms with Gasteiger partial charge < -0.3 is 25.9 Å². The lowest BCUT2D eigenvalue weighted by Crippen LogP contribution is -2.61. The molecule has 0 spiro atoms. The predicted octanol–water partition coefficient (Wildman–Crippen LogP) is 1.17. The molecule has 1 aliphatic rings. The maximum Gasteiger partial charge on any atom is 0.320 e. The number of carboxylic acid groups (broad SMARTS) is 1. The van der Waals surface area contributed by atoms with Gasteiger partial charge in [-0.1, -0.05) is 5.92 Å². The van der Waals surface area contributed by atoms with E-state index in [9.17, 15) is 15.1 Å². The van der Waals surface area contributed by atoms with Crippen LogP contribution in [-0.4, -0.2) is 56.0 Å². The molecule has 0 bridgehead atoms. The van der Waals surface area contributed by atoms with Crippen molar-refractivity contribution in [3.8, 4) is 12.3 Å². The van der Waals surface area contributed by atoms with Gasteiger partial charge in [0.05, 0.1) is 6.10 Å². The van der Waals surface area contributed by atoms with E-state index in [1.807, 2.05) is 13.8 Å². The lowest BCUT2D eigenvalue weighted by Gasteiger charge is -2.51. The van der Waals surface area contributed by atoms with Crippen LogP contribution in [0.25, 0.3) is 0 Å². The van der Waals surface area contributed by atoms with E-state index in [0.717, 1.165) is 0 Å². The second-order valence-electron chi connectivity index (χ2n) is 7.57. The standard InChI is InChI=1S/C17H30N2O5/c1-6-17(5)10-12(9-16(3,4)19(17)23)15(22)24-11(2)7-8-13(18)14(20)21/h1,11-13,15,22-23H,7-10,18H2,2-5H3,(H,20,21)/t11?,12?,13-,15?,17?/m0/s1. The summed E-state index contributed by atoms with van der Waals surface area (Å²) in [6.45, 7) is 7.24. The quantitative estimate of drug-likeness (QED) is 0.405. The molecular weight excluding hydrogens is 312 g/mol. The molecule has 1 fully saturated rings. The van der Waals surface area contributed by atoms with E-state index in [4.69, 9.17) is 22.0 Å². The van der Waals surface area contributed by atoms with Gasteiger partial charge in [0.25, 0.3) is 0 Å². The van der Waals surface area contributed by atoms with Gasteiger partial charge in [-0.25, -0.2) is 0 Å². The Morgan fingerprint density at radius 1 is 1.42 bits per heavy atom. The number of hydroxylamine groups is 2. The molecule has 7 nitrogen and oxygen atoms in total. The Labute approximate surface area is 143 Å². The van der Waals surface area contributed by atoms with Crippen LogP contribution in [0.15, 0.2) is 0 Å². The summed E-state index contributed by atoms with van der Waals surface area (Å²) in [6, 6.07) is -0.936. The number of nitrogens with zero attached hydrogens (tertiary/aromatic N) is 1. The number of piperidine rings is 1. The first-order chi connectivity index (χ1) is 10.9. The molecule has 0 aromatic rings. The van der Waals surface area contributed by atoms with E-state index in [2.05, 4.69) is 5.92 Å². The first kappa shape index (κ1) is 20.9. The Bertz CT molecular complexity index is 490. The number of aliphatic carboxylic acids is 1. The van der Waals surface area contributed by atoms with Crippen molar-refractivity contribution in [2.45, 2.75) is 82.9 Å². The third-order valence-corrected chi connectivity index (χ3v) is 4.75. The minimum absolute atomic E-state index is 0.236. The lowest BCUT2D eigenvalue weighted by atomic mass is 9.74. The van der Waals surface area contributed by atoms with Gasteiger partial charge in [0.1, 0.15) is 11.6 Å². The fourth-order valence-corrected chi connectivity index (χ4v) is 3.34. The number of terminal acetylenes is 1. The van der Waals surface area contributed by atoms with E-state index in [0.29, 0.717) is 19.3 Å². The molecule has 0 aromatic carbocycles. The lowest BCUT2D eigenvalue weighted by molar-refractivity contribution is -0.263. The van der Waals surface area contributed by atoms with E-state index in [1.54, 1.807) is 13.8 Å². The van der Waals surface area contributed by atoms with Gasteiger partial charge in [-0.15, -0.1) is 6.42 Å². The second-order valence-corrected chi connectivity index (χ2v) is 7.57. The number of carboxylic acids is 1. The molecule has 5 N–H and O–H groups in total. The molecule has 0 aromatic heterocycles. The Kier molecular flexibility index (Phi) is 6.79. The normalized spacial score (nSPS) is 31.0. The van der Waals surface area contributed by atoms with Crippen LogP contribution in [0.4, 0.5) is 0 Å². The van der Waals surface area contributed by atoms with Gasteiger partial charge in [-0.2, -0.15) is 5.06 Å². The van der Waals surface area contributed by atoms with Crippen molar-refractivity contribution in [1.29, 1.82) is 0 Å². The fraction of sp³-hybridized carbons (Fsp3) is 0.824. The third kappa shape index (κ3) is 4.91. The zero-order chi connectivity index (χ0) is 18.7. The smallest absolute Gasteiger partial charge is 0.320 e. The Morgan fingerprint density at radius 2 is 2.00 bits per heavy atom. The number of carbonyl (C=O) groups is 1. The summed E-state index contributed by atoms with van der Waals surface area (Å²) >= 11 is 0. The van der Waals surface area contributed by atoms with Crippen molar-refractivity contribution >= 4 is 5.97 Å². The van der Waals surface area contributed by atoms with Crippen LogP contribution >= 0.6 is 0 Å². The number of aliphatic hydroxyl groups excluding tert-OH is 1. The average Bonchev–Trinajstić information content (AvgIpc) is 2.49. The summed E-state index contributed by atoms with van der Waals surface area (Å²) in [6.07, 6.45) is 5.81. The van der Waals surface area contributed by atoms with E-state index >= 15 is 0 Å². The average molecular weight is 342 g/mol. The van der Waals surface area contributed by atoms with E-state index in [1.165, 1.54) is 5.06 Å². The SMILES string of the molecule is C#CC1(C)CC(C(O)OC(C)CC[C@H](N)C(=O)O)CC(C)(C)N1O. The number of nitrogens with two attached hydrogens (primary N) is 1. The molecule has 4 unspecified atom stereocenters. The van der Waals surface area contributed by atoms with E-state index in [-0.39, 0.29) is 18.4 Å². The summed E-state index contributed by atoms with van der Waals surface area (Å²) in [7, 11) is 0. The number of ether oxygens (including phenoxy) is 1. The highest BCUT2D eigenvalue weighted by atomic mass is 16.6. The monoisotopic (exact) mass is 342 g/mol. The van der Waals surface area contributed by atoms with Crippen molar-refractivity contribution < 1.29 is 25.0 Å². The predicted molar refractivity (Wildman–Crippen MR) is 89.1 cm³/mol. The fourth-order valence-electron chi connectivity index (χ4n) is 3.34. The molecular formula is C17H30N2O5. The first-order valence-electron chi connectivity index (χ1n) is 8.22. The molecule has 1 aliphatic heterocycles.